The lowest BCUT2D eigenvalue weighted by molar-refractivity contribution is 0.0702. The van der Waals surface area contributed by atoms with E-state index in [2.05, 4.69) is 9.97 Å². The maximum atomic E-state index is 13.0. The lowest BCUT2D eigenvalue weighted by Gasteiger charge is -2.04. The van der Waals surface area contributed by atoms with Crippen molar-refractivity contribution in [2.45, 2.75) is 6.92 Å². The Kier molecular flexibility index (Phi) is 5.00. The van der Waals surface area contributed by atoms with Gasteiger partial charge in [0.15, 0.2) is 4.96 Å². The monoisotopic (exact) mass is 423 g/mol. The Hall–Kier alpha value is -3.29. The summed E-state index contributed by atoms with van der Waals surface area (Å²) in [5.74, 6) is -1.15. The number of carbonyl (C=O) groups is 1. The van der Waals surface area contributed by atoms with Crippen LogP contribution in [0.15, 0.2) is 53.6 Å². The molecule has 0 radical (unpaired) electrons. The van der Waals surface area contributed by atoms with Crippen LogP contribution in [0.4, 0.5) is 0 Å². The molecule has 0 fully saturated rings. The summed E-state index contributed by atoms with van der Waals surface area (Å²) in [6.45, 7) is 2.00. The van der Waals surface area contributed by atoms with Gasteiger partial charge < -0.3 is 5.11 Å². The molecule has 1 aromatic carbocycles. The van der Waals surface area contributed by atoms with Gasteiger partial charge in [0, 0.05) is 18.0 Å². The number of carboxylic acids is 1. The quantitative estimate of drug-likeness (QED) is 0.516. The highest BCUT2D eigenvalue weighted by atomic mass is 35.5. The number of fused-ring (bicyclic) bond motifs is 1. The van der Waals surface area contributed by atoms with Crippen molar-refractivity contribution in [1.29, 1.82) is 0 Å². The van der Waals surface area contributed by atoms with Crippen molar-refractivity contribution in [3.63, 3.8) is 0 Å². The van der Waals surface area contributed by atoms with E-state index in [1.165, 1.54) is 10.6 Å². The molecule has 0 aliphatic rings. The number of aromatic nitrogens is 3. The van der Waals surface area contributed by atoms with E-state index in [0.717, 1.165) is 22.5 Å². The summed E-state index contributed by atoms with van der Waals surface area (Å²) in [5.41, 5.74) is 2.55. The van der Waals surface area contributed by atoms with Crippen molar-refractivity contribution in [3.8, 4) is 11.3 Å². The van der Waals surface area contributed by atoms with Crippen LogP contribution in [0.2, 0.25) is 5.02 Å². The molecule has 0 spiro atoms. The number of thiazole rings is 1. The van der Waals surface area contributed by atoms with Gasteiger partial charge in [0.2, 0.25) is 0 Å². The fourth-order valence-corrected chi connectivity index (χ4v) is 4.05. The van der Waals surface area contributed by atoms with Crippen molar-refractivity contribution < 1.29 is 9.90 Å². The first-order chi connectivity index (χ1) is 14.0. The highest BCUT2D eigenvalue weighted by Crippen LogP contribution is 2.31. The molecule has 4 rings (SSSR count). The van der Waals surface area contributed by atoms with Gasteiger partial charge in [-0.25, -0.2) is 14.2 Å². The van der Waals surface area contributed by atoms with E-state index in [1.807, 2.05) is 31.2 Å². The topological polar surface area (TPSA) is 84.6 Å². The zero-order valence-corrected chi connectivity index (χ0v) is 16.7. The van der Waals surface area contributed by atoms with Crippen molar-refractivity contribution in [1.82, 2.24) is 14.4 Å². The van der Waals surface area contributed by atoms with Gasteiger partial charge in [-0.15, -0.1) is 0 Å². The molecule has 4 aromatic rings. The van der Waals surface area contributed by atoms with Gasteiger partial charge in [0.1, 0.15) is 9.90 Å². The predicted octanol–water partition coefficient (Wildman–Crippen LogP) is 4.65. The summed E-state index contributed by atoms with van der Waals surface area (Å²) >= 11 is 7.23. The zero-order chi connectivity index (χ0) is 20.5. The first-order valence-corrected chi connectivity index (χ1v) is 9.78. The summed E-state index contributed by atoms with van der Waals surface area (Å²) < 4.78 is 1.23. The Morgan fingerprint density at radius 3 is 2.62 bits per heavy atom. The van der Waals surface area contributed by atoms with Crippen LogP contribution in [-0.4, -0.2) is 25.4 Å². The summed E-state index contributed by atoms with van der Waals surface area (Å²) in [6.07, 6.45) is 6.52. The molecule has 1 N–H and O–H groups in total. The van der Waals surface area contributed by atoms with Gasteiger partial charge >= 0.3 is 5.97 Å². The molecule has 3 heterocycles. The number of aryl methyl sites for hydroxylation is 1. The SMILES string of the molecule is Cc1ccc(C=Cc2nc3sc(C(=O)O)c(-c4cccnc4)n3c(=O)c2Cl)cc1. The first kappa shape index (κ1) is 19.0. The van der Waals surface area contributed by atoms with Gasteiger partial charge in [-0.3, -0.25) is 9.78 Å². The first-order valence-electron chi connectivity index (χ1n) is 8.59. The van der Waals surface area contributed by atoms with E-state index in [-0.39, 0.29) is 26.2 Å². The lowest BCUT2D eigenvalue weighted by atomic mass is 10.1. The molecular weight excluding hydrogens is 410 g/mol. The van der Waals surface area contributed by atoms with Crippen LogP contribution in [0.5, 0.6) is 0 Å². The fraction of sp³-hybridized carbons (Fsp3) is 0.0476. The number of benzene rings is 1. The van der Waals surface area contributed by atoms with E-state index in [9.17, 15) is 14.7 Å². The highest BCUT2D eigenvalue weighted by Gasteiger charge is 2.23. The van der Waals surface area contributed by atoms with E-state index < -0.39 is 11.5 Å². The second-order valence-corrected chi connectivity index (χ2v) is 7.66. The number of rotatable bonds is 4. The second-order valence-electron chi connectivity index (χ2n) is 6.30. The van der Waals surface area contributed by atoms with Crippen molar-refractivity contribution in [2.75, 3.05) is 0 Å². The molecule has 0 bridgehead atoms. The normalized spacial score (nSPS) is 11.4. The van der Waals surface area contributed by atoms with Gasteiger partial charge in [-0.2, -0.15) is 0 Å². The standard InChI is InChI=1S/C21H14ClN3O3S/c1-12-4-6-13(7-5-12)8-9-15-16(22)19(26)25-17(14-3-2-10-23-11-14)18(20(27)28)29-21(25)24-15/h2-11H,1H3,(H,27,28). The Labute approximate surface area is 174 Å². The molecule has 0 saturated carbocycles. The minimum atomic E-state index is -1.15. The minimum absolute atomic E-state index is 0.00155. The zero-order valence-electron chi connectivity index (χ0n) is 15.2. The van der Waals surface area contributed by atoms with Crippen molar-refractivity contribution in [3.05, 3.63) is 85.9 Å². The van der Waals surface area contributed by atoms with Gasteiger partial charge in [0.05, 0.1) is 11.4 Å². The summed E-state index contributed by atoms with van der Waals surface area (Å²) in [4.78, 5) is 33.5. The molecule has 0 atom stereocenters. The number of aromatic carboxylic acids is 1. The molecule has 0 aliphatic carbocycles. The van der Waals surface area contributed by atoms with Crippen LogP contribution in [-0.2, 0) is 0 Å². The number of nitrogens with zero attached hydrogens (tertiary/aromatic N) is 3. The highest BCUT2D eigenvalue weighted by molar-refractivity contribution is 7.19. The third kappa shape index (κ3) is 3.57. The van der Waals surface area contributed by atoms with E-state index >= 15 is 0 Å². The largest absolute Gasteiger partial charge is 0.477 e. The Bertz CT molecular complexity index is 1310. The maximum absolute atomic E-state index is 13.0. The van der Waals surface area contributed by atoms with E-state index in [1.54, 1.807) is 30.5 Å². The van der Waals surface area contributed by atoms with Crippen molar-refractivity contribution >= 4 is 46.0 Å². The minimum Gasteiger partial charge on any atom is -0.477 e. The molecule has 0 amide bonds. The predicted molar refractivity (Wildman–Crippen MR) is 115 cm³/mol. The van der Waals surface area contributed by atoms with Gasteiger partial charge in [0.25, 0.3) is 5.56 Å². The fourth-order valence-electron chi connectivity index (χ4n) is 2.87. The molecule has 8 heteroatoms. The third-order valence-corrected chi connectivity index (χ3v) is 5.68. The number of hydrogen-bond donors (Lipinski definition) is 1. The summed E-state index contributed by atoms with van der Waals surface area (Å²) in [5, 5.41) is 9.55. The average Bonchev–Trinajstić information content (AvgIpc) is 3.11. The smallest absolute Gasteiger partial charge is 0.348 e. The van der Waals surface area contributed by atoms with E-state index in [0.29, 0.717) is 5.56 Å². The van der Waals surface area contributed by atoms with E-state index in [4.69, 9.17) is 11.6 Å². The maximum Gasteiger partial charge on any atom is 0.348 e. The van der Waals surface area contributed by atoms with Crippen LogP contribution in [0, 0.1) is 6.92 Å². The molecule has 3 aromatic heterocycles. The van der Waals surface area contributed by atoms with Gasteiger partial charge in [-0.05, 0) is 30.7 Å². The summed E-state index contributed by atoms with van der Waals surface area (Å²) in [7, 11) is 0. The number of halogens is 1. The van der Waals surface area contributed by atoms with Crippen LogP contribution in [0.3, 0.4) is 0 Å². The third-order valence-electron chi connectivity index (χ3n) is 4.30. The lowest BCUT2D eigenvalue weighted by Crippen LogP contribution is -2.17. The molecule has 0 aliphatic heterocycles. The molecule has 29 heavy (non-hydrogen) atoms. The van der Waals surface area contributed by atoms with Crippen LogP contribution in [0.25, 0.3) is 28.4 Å². The Morgan fingerprint density at radius 1 is 1.21 bits per heavy atom. The molecule has 0 saturated heterocycles. The van der Waals surface area contributed by atoms with Crippen LogP contribution >= 0.6 is 22.9 Å². The molecule has 144 valence electrons. The molecule has 6 nitrogen and oxygen atoms in total. The molecular formula is C21H14ClN3O3S. The molecule has 0 unspecified atom stereocenters. The summed E-state index contributed by atoms with van der Waals surface area (Å²) in [6, 6.07) is 11.2. The number of hydrogen-bond acceptors (Lipinski definition) is 5. The van der Waals surface area contributed by atoms with Crippen LogP contribution in [0.1, 0.15) is 26.5 Å². The van der Waals surface area contributed by atoms with Crippen molar-refractivity contribution in [2.24, 2.45) is 0 Å². The van der Waals surface area contributed by atoms with Crippen LogP contribution < -0.4 is 5.56 Å². The second kappa shape index (κ2) is 7.62. The average molecular weight is 424 g/mol. The Balaban J connectivity index is 1.91. The number of carboxylic acid groups (broad SMARTS) is 1. The Morgan fingerprint density at radius 2 is 1.97 bits per heavy atom. The van der Waals surface area contributed by atoms with Gasteiger partial charge in [-0.1, -0.05) is 58.8 Å². The number of pyridine rings is 1.